The molecule has 2 aromatic heterocycles. The van der Waals surface area contributed by atoms with Gasteiger partial charge in [0.05, 0.1) is 6.04 Å². The molecule has 1 atom stereocenters. The van der Waals surface area contributed by atoms with Crippen LogP contribution >= 0.6 is 0 Å². The lowest BCUT2D eigenvalue weighted by atomic mass is 10.1. The van der Waals surface area contributed by atoms with Crippen molar-refractivity contribution < 1.29 is 13.6 Å². The number of amides is 1. The molecule has 0 saturated heterocycles. The third-order valence-electron chi connectivity index (χ3n) is 4.58. The normalized spacial score (nSPS) is 12.2. The van der Waals surface area contributed by atoms with Crippen molar-refractivity contribution in [1.29, 1.82) is 0 Å². The molecule has 0 radical (unpaired) electrons. The summed E-state index contributed by atoms with van der Waals surface area (Å²) in [5.41, 5.74) is 8.82. The summed E-state index contributed by atoms with van der Waals surface area (Å²) < 4.78 is 19.0. The maximum Gasteiger partial charge on any atom is 0.273 e. The van der Waals surface area contributed by atoms with Crippen molar-refractivity contribution in [3.8, 4) is 0 Å². The molecule has 6 nitrogen and oxygen atoms in total. The molecule has 0 aliphatic rings. The highest BCUT2D eigenvalue weighted by Crippen LogP contribution is 2.23. The minimum absolute atomic E-state index is 0.0646. The van der Waals surface area contributed by atoms with Gasteiger partial charge in [-0.1, -0.05) is 36.4 Å². The van der Waals surface area contributed by atoms with E-state index in [1.165, 1.54) is 12.3 Å². The van der Waals surface area contributed by atoms with Crippen LogP contribution in [-0.4, -0.2) is 15.9 Å². The summed E-state index contributed by atoms with van der Waals surface area (Å²) in [6.45, 7) is 0.0646. The lowest BCUT2D eigenvalue weighted by Gasteiger charge is -2.06. The van der Waals surface area contributed by atoms with Crippen molar-refractivity contribution >= 4 is 16.8 Å². The second kappa shape index (κ2) is 7.66. The second-order valence-corrected chi connectivity index (χ2v) is 6.52. The molecule has 0 fully saturated rings. The Morgan fingerprint density at radius 1 is 1.18 bits per heavy atom. The monoisotopic (exact) mass is 378 g/mol. The number of hydrogen-bond acceptors (Lipinski definition) is 4. The second-order valence-electron chi connectivity index (χ2n) is 6.52. The minimum Gasteiger partial charge on any atom is -0.446 e. The zero-order chi connectivity index (χ0) is 19.5. The summed E-state index contributed by atoms with van der Waals surface area (Å²) in [7, 11) is 0. The summed E-state index contributed by atoms with van der Waals surface area (Å²) in [6.07, 6.45) is 3.69. The molecule has 142 valence electrons. The Morgan fingerprint density at radius 2 is 1.96 bits per heavy atom. The van der Waals surface area contributed by atoms with Crippen LogP contribution in [0, 0.1) is 5.82 Å². The summed E-state index contributed by atoms with van der Waals surface area (Å²) in [4.78, 5) is 19.7. The van der Waals surface area contributed by atoms with Crippen molar-refractivity contribution in [1.82, 2.24) is 15.3 Å². The number of nitrogens with two attached hydrogens (primary N) is 1. The number of rotatable bonds is 6. The maximum absolute atomic E-state index is 13.6. The molecule has 28 heavy (non-hydrogen) atoms. The summed E-state index contributed by atoms with van der Waals surface area (Å²) in [5.74, 6) is -0.539. The minimum atomic E-state index is -0.493. The van der Waals surface area contributed by atoms with Crippen LogP contribution in [0.1, 0.15) is 33.5 Å². The van der Waals surface area contributed by atoms with Gasteiger partial charge < -0.3 is 20.5 Å². The SMILES string of the molecule is NC(Cc1c[nH]c2ccccc12)c1nc(C(=O)NCc2ccccc2F)co1. The molecule has 0 saturated carbocycles. The van der Waals surface area contributed by atoms with Crippen LogP contribution in [-0.2, 0) is 13.0 Å². The number of H-pyrrole nitrogens is 1. The Hall–Kier alpha value is -3.45. The van der Waals surface area contributed by atoms with E-state index in [9.17, 15) is 9.18 Å². The van der Waals surface area contributed by atoms with E-state index < -0.39 is 11.9 Å². The van der Waals surface area contributed by atoms with Gasteiger partial charge in [-0.2, -0.15) is 0 Å². The Kier molecular flexibility index (Phi) is 4.90. The fourth-order valence-corrected chi connectivity index (χ4v) is 3.09. The average Bonchev–Trinajstić information content (AvgIpc) is 3.35. The van der Waals surface area contributed by atoms with Crippen LogP contribution in [0.5, 0.6) is 0 Å². The highest BCUT2D eigenvalue weighted by molar-refractivity contribution is 5.91. The standard InChI is InChI=1S/C21H19FN4O2/c22-16-7-3-1-5-13(16)10-25-20(27)19-12-28-21(26-19)17(23)9-14-11-24-18-8-4-2-6-15(14)18/h1-8,11-12,17,24H,9-10,23H2,(H,25,27). The molecular formula is C21H19FN4O2. The maximum atomic E-state index is 13.6. The van der Waals surface area contributed by atoms with E-state index in [-0.39, 0.29) is 23.9 Å². The third kappa shape index (κ3) is 3.65. The first-order valence-electron chi connectivity index (χ1n) is 8.89. The van der Waals surface area contributed by atoms with Crippen molar-refractivity contribution in [3.63, 3.8) is 0 Å². The van der Waals surface area contributed by atoms with Gasteiger partial charge in [0, 0.05) is 29.2 Å². The number of nitrogens with zero attached hydrogens (tertiary/aromatic N) is 1. The van der Waals surface area contributed by atoms with E-state index in [0.717, 1.165) is 16.5 Å². The van der Waals surface area contributed by atoms with Gasteiger partial charge in [-0.25, -0.2) is 9.37 Å². The Morgan fingerprint density at radius 3 is 2.82 bits per heavy atom. The highest BCUT2D eigenvalue weighted by Gasteiger charge is 2.19. The molecule has 2 aromatic carbocycles. The molecule has 0 bridgehead atoms. The van der Waals surface area contributed by atoms with E-state index in [0.29, 0.717) is 12.0 Å². The Labute approximate surface area is 160 Å². The van der Waals surface area contributed by atoms with Crippen LogP contribution < -0.4 is 11.1 Å². The van der Waals surface area contributed by atoms with Crippen LogP contribution in [0.4, 0.5) is 4.39 Å². The molecule has 4 rings (SSSR count). The van der Waals surface area contributed by atoms with E-state index in [1.807, 2.05) is 30.5 Å². The van der Waals surface area contributed by atoms with E-state index in [4.69, 9.17) is 10.2 Å². The van der Waals surface area contributed by atoms with Crippen LogP contribution in [0.2, 0.25) is 0 Å². The number of oxazole rings is 1. The number of nitrogens with one attached hydrogen (secondary N) is 2. The van der Waals surface area contributed by atoms with Crippen molar-refractivity contribution in [2.24, 2.45) is 5.73 Å². The van der Waals surface area contributed by atoms with Crippen molar-refractivity contribution in [2.75, 3.05) is 0 Å². The topological polar surface area (TPSA) is 96.9 Å². The lowest BCUT2D eigenvalue weighted by Crippen LogP contribution is -2.24. The number of aromatic nitrogens is 2. The highest BCUT2D eigenvalue weighted by atomic mass is 19.1. The average molecular weight is 378 g/mol. The molecule has 2 heterocycles. The van der Waals surface area contributed by atoms with Gasteiger partial charge in [0.25, 0.3) is 5.91 Å². The first-order valence-corrected chi connectivity index (χ1v) is 8.89. The van der Waals surface area contributed by atoms with Gasteiger partial charge >= 0.3 is 0 Å². The largest absolute Gasteiger partial charge is 0.446 e. The summed E-state index contributed by atoms with van der Waals surface area (Å²) in [5, 5.41) is 3.72. The first kappa shape index (κ1) is 17.9. The van der Waals surface area contributed by atoms with E-state index in [1.54, 1.807) is 18.2 Å². The molecule has 1 amide bonds. The van der Waals surface area contributed by atoms with Crippen LogP contribution in [0.15, 0.2) is 65.4 Å². The number of carbonyl (C=O) groups is 1. The smallest absolute Gasteiger partial charge is 0.273 e. The summed E-state index contributed by atoms with van der Waals surface area (Å²) in [6, 6.07) is 13.7. The molecule has 4 aromatic rings. The molecule has 7 heteroatoms. The molecule has 0 spiro atoms. The predicted octanol–water partition coefficient (Wildman–Crippen LogP) is 3.47. The fraction of sp³-hybridized carbons (Fsp3) is 0.143. The van der Waals surface area contributed by atoms with Gasteiger partial charge in [0.1, 0.15) is 12.1 Å². The molecule has 0 aliphatic carbocycles. The number of para-hydroxylation sites is 1. The predicted molar refractivity (Wildman–Crippen MR) is 103 cm³/mol. The zero-order valence-electron chi connectivity index (χ0n) is 15.0. The Balaban J connectivity index is 1.42. The van der Waals surface area contributed by atoms with Crippen molar-refractivity contribution in [2.45, 2.75) is 19.0 Å². The number of benzene rings is 2. The number of aromatic amines is 1. The fourth-order valence-electron chi connectivity index (χ4n) is 3.09. The molecule has 0 aliphatic heterocycles. The van der Waals surface area contributed by atoms with Crippen molar-refractivity contribution in [3.05, 3.63) is 89.5 Å². The van der Waals surface area contributed by atoms with Crippen LogP contribution in [0.3, 0.4) is 0 Å². The quantitative estimate of drug-likeness (QED) is 0.479. The number of hydrogen-bond donors (Lipinski definition) is 3. The van der Waals surface area contributed by atoms with Gasteiger partial charge in [-0.15, -0.1) is 0 Å². The van der Waals surface area contributed by atoms with E-state index >= 15 is 0 Å². The van der Waals surface area contributed by atoms with Gasteiger partial charge in [0.2, 0.25) is 5.89 Å². The molecule has 1 unspecified atom stereocenters. The van der Waals surface area contributed by atoms with Crippen LogP contribution in [0.25, 0.3) is 10.9 Å². The number of carbonyl (C=O) groups excluding carboxylic acids is 1. The number of halogens is 1. The summed E-state index contributed by atoms with van der Waals surface area (Å²) >= 11 is 0. The third-order valence-corrected chi connectivity index (χ3v) is 4.58. The Bertz CT molecular complexity index is 1120. The van der Waals surface area contributed by atoms with Gasteiger partial charge in [-0.3, -0.25) is 4.79 Å². The number of fused-ring (bicyclic) bond motifs is 1. The first-order chi connectivity index (χ1) is 13.6. The van der Waals surface area contributed by atoms with E-state index in [2.05, 4.69) is 15.3 Å². The van der Waals surface area contributed by atoms with Gasteiger partial charge in [-0.05, 0) is 24.1 Å². The van der Waals surface area contributed by atoms with Gasteiger partial charge in [0.15, 0.2) is 5.69 Å². The lowest BCUT2D eigenvalue weighted by molar-refractivity contribution is 0.0945. The molecular weight excluding hydrogens is 359 g/mol. The molecule has 4 N–H and O–H groups in total. The zero-order valence-corrected chi connectivity index (χ0v) is 15.0.